The highest BCUT2D eigenvalue weighted by molar-refractivity contribution is 7.98. The summed E-state index contributed by atoms with van der Waals surface area (Å²) in [6.45, 7) is 1.14. The van der Waals surface area contributed by atoms with Crippen LogP contribution in [-0.2, 0) is 6.54 Å². The van der Waals surface area contributed by atoms with Gasteiger partial charge < -0.3 is 15.3 Å². The summed E-state index contributed by atoms with van der Waals surface area (Å²) in [7, 11) is 1.72. The van der Waals surface area contributed by atoms with Crippen molar-refractivity contribution in [2.24, 2.45) is 0 Å². The number of carbonyl (C=O) groups is 2. The van der Waals surface area contributed by atoms with Gasteiger partial charge in [0.05, 0.1) is 5.56 Å². The van der Waals surface area contributed by atoms with E-state index in [0.717, 1.165) is 24.2 Å². The van der Waals surface area contributed by atoms with E-state index in [4.69, 9.17) is 5.11 Å². The minimum atomic E-state index is -0.946. The predicted octanol–water partition coefficient (Wildman–Crippen LogP) is 2.67. The van der Waals surface area contributed by atoms with E-state index in [1.54, 1.807) is 48.0 Å². The molecule has 1 aromatic carbocycles. The van der Waals surface area contributed by atoms with Gasteiger partial charge in [-0.25, -0.2) is 9.59 Å². The van der Waals surface area contributed by atoms with Gasteiger partial charge in [0, 0.05) is 20.1 Å². The van der Waals surface area contributed by atoms with Crippen LogP contribution in [0.4, 0.5) is 4.79 Å². The fourth-order valence-electron chi connectivity index (χ4n) is 1.80. The van der Waals surface area contributed by atoms with E-state index in [0.29, 0.717) is 13.1 Å². The molecule has 0 fully saturated rings. The number of aromatic carboxylic acids is 1. The minimum absolute atomic E-state index is 0.110. The Morgan fingerprint density at radius 3 is 2.48 bits per heavy atom. The van der Waals surface area contributed by atoms with Crippen LogP contribution in [0.15, 0.2) is 24.3 Å². The zero-order valence-electron chi connectivity index (χ0n) is 12.5. The first-order valence-corrected chi connectivity index (χ1v) is 8.24. The van der Waals surface area contributed by atoms with Crippen molar-refractivity contribution in [1.82, 2.24) is 10.2 Å². The maximum absolute atomic E-state index is 11.9. The molecular formula is C15H22N2O3S. The van der Waals surface area contributed by atoms with Crippen LogP contribution in [0.25, 0.3) is 0 Å². The Hall–Kier alpha value is -1.69. The summed E-state index contributed by atoms with van der Waals surface area (Å²) in [6.07, 6.45) is 4.15. The quantitative estimate of drug-likeness (QED) is 0.724. The summed E-state index contributed by atoms with van der Waals surface area (Å²) in [6, 6.07) is 6.44. The van der Waals surface area contributed by atoms with E-state index < -0.39 is 5.97 Å². The van der Waals surface area contributed by atoms with Crippen molar-refractivity contribution in [3.8, 4) is 0 Å². The van der Waals surface area contributed by atoms with E-state index in [-0.39, 0.29) is 11.6 Å². The molecule has 0 radical (unpaired) electrons. The lowest BCUT2D eigenvalue weighted by molar-refractivity contribution is 0.0697. The Bertz CT molecular complexity index is 462. The van der Waals surface area contributed by atoms with Crippen LogP contribution in [0.3, 0.4) is 0 Å². The van der Waals surface area contributed by atoms with Crippen LogP contribution in [-0.4, -0.2) is 47.6 Å². The first-order chi connectivity index (χ1) is 10.0. The smallest absolute Gasteiger partial charge is 0.335 e. The van der Waals surface area contributed by atoms with E-state index in [9.17, 15) is 9.59 Å². The van der Waals surface area contributed by atoms with Crippen LogP contribution in [0, 0.1) is 0 Å². The molecule has 6 heteroatoms. The highest BCUT2D eigenvalue weighted by Gasteiger charge is 2.09. The first kappa shape index (κ1) is 17.4. The summed E-state index contributed by atoms with van der Waals surface area (Å²) in [5.74, 6) is 0.166. The molecular weight excluding hydrogens is 288 g/mol. The zero-order chi connectivity index (χ0) is 15.7. The third kappa shape index (κ3) is 6.53. The summed E-state index contributed by atoms with van der Waals surface area (Å²) >= 11 is 1.81. The van der Waals surface area contributed by atoms with Gasteiger partial charge in [-0.15, -0.1) is 0 Å². The number of hydrogen-bond donors (Lipinski definition) is 2. The van der Waals surface area contributed by atoms with Gasteiger partial charge in [0.2, 0.25) is 0 Å². The number of carboxylic acids is 1. The van der Waals surface area contributed by atoms with Crippen LogP contribution in [0.5, 0.6) is 0 Å². The predicted molar refractivity (Wildman–Crippen MR) is 85.9 cm³/mol. The van der Waals surface area contributed by atoms with Crippen LogP contribution in [0.1, 0.15) is 28.8 Å². The molecule has 21 heavy (non-hydrogen) atoms. The molecule has 1 rings (SSSR count). The van der Waals surface area contributed by atoms with E-state index >= 15 is 0 Å². The third-order valence-electron chi connectivity index (χ3n) is 3.02. The van der Waals surface area contributed by atoms with Gasteiger partial charge in [0.25, 0.3) is 0 Å². The second-order valence-electron chi connectivity index (χ2n) is 4.79. The number of rotatable bonds is 8. The normalized spacial score (nSPS) is 10.2. The van der Waals surface area contributed by atoms with E-state index in [1.807, 2.05) is 0 Å². The van der Waals surface area contributed by atoms with Crippen LogP contribution in [0.2, 0.25) is 0 Å². The average Bonchev–Trinajstić information content (AvgIpc) is 2.47. The standard InChI is InChI=1S/C15H22N2O3S/c1-17(15(20)16-9-3-4-10-21-2)11-12-5-7-13(8-6-12)14(18)19/h5-8H,3-4,9-11H2,1-2H3,(H,16,20)(H,18,19). The number of unbranched alkanes of at least 4 members (excludes halogenated alkanes) is 1. The SMILES string of the molecule is CSCCCCNC(=O)N(C)Cc1ccc(C(=O)O)cc1. The molecule has 0 aliphatic heterocycles. The largest absolute Gasteiger partial charge is 0.478 e. The van der Waals surface area contributed by atoms with Gasteiger partial charge in [0.1, 0.15) is 0 Å². The fraction of sp³-hybridized carbons (Fsp3) is 0.467. The Morgan fingerprint density at radius 2 is 1.90 bits per heavy atom. The van der Waals surface area contributed by atoms with Crippen molar-refractivity contribution in [3.05, 3.63) is 35.4 Å². The van der Waals surface area contributed by atoms with Gasteiger partial charge in [-0.1, -0.05) is 12.1 Å². The lowest BCUT2D eigenvalue weighted by Gasteiger charge is -2.18. The maximum atomic E-state index is 11.9. The molecule has 0 spiro atoms. The number of benzene rings is 1. The average molecular weight is 310 g/mol. The summed E-state index contributed by atoms with van der Waals surface area (Å²) in [5, 5.41) is 11.7. The first-order valence-electron chi connectivity index (χ1n) is 6.84. The number of hydrogen-bond acceptors (Lipinski definition) is 3. The third-order valence-corrected chi connectivity index (χ3v) is 3.72. The summed E-state index contributed by atoms with van der Waals surface area (Å²) in [4.78, 5) is 24.2. The van der Waals surface area contributed by atoms with Gasteiger partial charge in [0.15, 0.2) is 0 Å². The van der Waals surface area contributed by atoms with Gasteiger partial charge in [-0.2, -0.15) is 11.8 Å². The minimum Gasteiger partial charge on any atom is -0.478 e. The second-order valence-corrected chi connectivity index (χ2v) is 5.78. The van der Waals surface area contributed by atoms with Crippen LogP contribution >= 0.6 is 11.8 Å². The molecule has 1 aromatic rings. The Labute approximate surface area is 129 Å². The van der Waals surface area contributed by atoms with Crippen LogP contribution < -0.4 is 5.32 Å². The van der Waals surface area contributed by atoms with Crippen molar-refractivity contribution in [3.63, 3.8) is 0 Å². The number of nitrogens with zero attached hydrogens (tertiary/aromatic N) is 1. The number of thioether (sulfide) groups is 1. The molecule has 0 aliphatic carbocycles. The van der Waals surface area contributed by atoms with Gasteiger partial charge in [-0.05, 0) is 42.5 Å². The second kappa shape index (κ2) is 9.28. The van der Waals surface area contributed by atoms with Gasteiger partial charge >= 0.3 is 12.0 Å². The van der Waals surface area contributed by atoms with E-state index in [1.165, 1.54) is 0 Å². The molecule has 5 nitrogen and oxygen atoms in total. The Balaban J connectivity index is 2.36. The number of urea groups is 1. The lowest BCUT2D eigenvalue weighted by atomic mass is 10.1. The summed E-state index contributed by atoms with van der Waals surface area (Å²) < 4.78 is 0. The zero-order valence-corrected chi connectivity index (χ0v) is 13.3. The molecule has 116 valence electrons. The van der Waals surface area contributed by atoms with Crippen molar-refractivity contribution in [2.75, 3.05) is 25.6 Å². The fourth-order valence-corrected chi connectivity index (χ4v) is 2.29. The molecule has 2 amide bonds. The van der Waals surface area contributed by atoms with Crippen molar-refractivity contribution in [2.45, 2.75) is 19.4 Å². The molecule has 0 aromatic heterocycles. The number of carboxylic acid groups (broad SMARTS) is 1. The highest BCUT2D eigenvalue weighted by atomic mass is 32.2. The molecule has 0 heterocycles. The molecule has 0 aliphatic rings. The topological polar surface area (TPSA) is 69.6 Å². The maximum Gasteiger partial charge on any atom is 0.335 e. The highest BCUT2D eigenvalue weighted by Crippen LogP contribution is 2.07. The monoisotopic (exact) mass is 310 g/mol. The number of nitrogens with one attached hydrogen (secondary N) is 1. The molecule has 0 saturated heterocycles. The molecule has 0 saturated carbocycles. The number of amides is 2. The Kier molecular flexibility index (Phi) is 7.68. The Morgan fingerprint density at radius 1 is 1.24 bits per heavy atom. The molecule has 0 unspecified atom stereocenters. The molecule has 0 bridgehead atoms. The molecule has 2 N–H and O–H groups in total. The van der Waals surface area contributed by atoms with E-state index in [2.05, 4.69) is 11.6 Å². The molecule has 0 atom stereocenters. The van der Waals surface area contributed by atoms with Crippen molar-refractivity contribution < 1.29 is 14.7 Å². The van der Waals surface area contributed by atoms with Gasteiger partial charge in [-0.3, -0.25) is 0 Å². The van der Waals surface area contributed by atoms with Crippen molar-refractivity contribution >= 4 is 23.8 Å². The summed E-state index contributed by atoms with van der Waals surface area (Å²) in [5.41, 5.74) is 1.15. The number of carbonyl (C=O) groups excluding carboxylic acids is 1. The van der Waals surface area contributed by atoms with Crippen molar-refractivity contribution in [1.29, 1.82) is 0 Å². The lowest BCUT2D eigenvalue weighted by Crippen LogP contribution is -2.37.